The number of halogens is 1. The minimum atomic E-state index is 0.710. The molecule has 126 valence electrons. The third kappa shape index (κ3) is 2.81. The van der Waals surface area contributed by atoms with Crippen LogP contribution in [0.15, 0.2) is 41.4 Å². The molecule has 0 aliphatic carbocycles. The monoisotopic (exact) mass is 369 g/mol. The first kappa shape index (κ1) is 16.2. The number of nitrogens with zero attached hydrogens (tertiary/aromatic N) is 4. The number of aromatic nitrogens is 5. The molecule has 0 fully saturated rings. The molecule has 1 aromatic carbocycles. The van der Waals surface area contributed by atoms with E-state index < -0.39 is 0 Å². The van der Waals surface area contributed by atoms with E-state index in [0.717, 1.165) is 44.6 Å². The first-order chi connectivity index (χ1) is 12.1. The molecule has 0 bridgehead atoms. The maximum absolute atomic E-state index is 5.97. The Bertz CT molecular complexity index is 1070. The lowest BCUT2D eigenvalue weighted by Gasteiger charge is -2.01. The number of hydrogen-bond donors (Lipinski definition) is 1. The normalized spacial score (nSPS) is 11.4. The molecule has 7 heteroatoms. The van der Waals surface area contributed by atoms with Gasteiger partial charge in [0.05, 0.1) is 17.0 Å². The van der Waals surface area contributed by atoms with Crippen molar-refractivity contribution in [3.05, 3.63) is 52.8 Å². The Kier molecular flexibility index (Phi) is 4.01. The Balaban J connectivity index is 1.89. The van der Waals surface area contributed by atoms with Gasteiger partial charge in [0.2, 0.25) is 0 Å². The Hall–Kier alpha value is -2.31. The molecule has 4 rings (SSSR count). The maximum Gasteiger partial charge on any atom is 0.166 e. The summed E-state index contributed by atoms with van der Waals surface area (Å²) in [6, 6.07) is 11.7. The third-order valence-corrected chi connectivity index (χ3v) is 4.97. The molecule has 0 amide bonds. The fraction of sp³-hybridized carbons (Fsp3) is 0.167. The largest absolute Gasteiger partial charge is 0.277 e. The lowest BCUT2D eigenvalue weighted by atomic mass is 10.1. The molecule has 3 heterocycles. The Labute approximate surface area is 154 Å². The number of aryl methyl sites for hydroxylation is 2. The molecule has 5 nitrogen and oxygen atoms in total. The number of rotatable bonds is 3. The van der Waals surface area contributed by atoms with Crippen LogP contribution in [0, 0.1) is 13.8 Å². The highest BCUT2D eigenvalue weighted by Gasteiger charge is 2.19. The number of nitrogens with one attached hydrogen (secondary N) is 1. The van der Waals surface area contributed by atoms with E-state index in [0.29, 0.717) is 5.02 Å². The van der Waals surface area contributed by atoms with E-state index >= 15 is 0 Å². The van der Waals surface area contributed by atoms with Crippen LogP contribution >= 0.6 is 23.4 Å². The summed E-state index contributed by atoms with van der Waals surface area (Å²) in [6.45, 7) is 4.03. The molecule has 0 spiro atoms. The average molecular weight is 370 g/mol. The van der Waals surface area contributed by atoms with Crippen LogP contribution in [0.1, 0.15) is 11.4 Å². The molecule has 0 saturated heterocycles. The molecule has 1 N–H and O–H groups in total. The van der Waals surface area contributed by atoms with E-state index in [9.17, 15) is 0 Å². The summed E-state index contributed by atoms with van der Waals surface area (Å²) in [5.41, 5.74) is 6.62. The Morgan fingerprint density at radius 2 is 1.88 bits per heavy atom. The number of hydrogen-bond acceptors (Lipinski definition) is 4. The van der Waals surface area contributed by atoms with Crippen LogP contribution in [-0.2, 0) is 0 Å². The zero-order valence-electron chi connectivity index (χ0n) is 14.0. The van der Waals surface area contributed by atoms with Crippen molar-refractivity contribution in [3.8, 4) is 22.5 Å². The second-order valence-corrected chi connectivity index (χ2v) is 7.06. The fourth-order valence-corrected chi connectivity index (χ4v) is 3.59. The second kappa shape index (κ2) is 6.20. The molecule has 0 aliphatic heterocycles. The zero-order chi connectivity index (χ0) is 17.6. The van der Waals surface area contributed by atoms with Crippen LogP contribution in [-0.4, -0.2) is 31.1 Å². The Morgan fingerprint density at radius 1 is 1.12 bits per heavy atom. The van der Waals surface area contributed by atoms with Gasteiger partial charge >= 0.3 is 0 Å². The number of thioether (sulfide) groups is 1. The summed E-state index contributed by atoms with van der Waals surface area (Å²) in [5.74, 6) is 0. The minimum absolute atomic E-state index is 0.710. The van der Waals surface area contributed by atoms with Gasteiger partial charge in [-0.1, -0.05) is 23.7 Å². The van der Waals surface area contributed by atoms with Gasteiger partial charge in [0.25, 0.3) is 0 Å². The molecule has 3 aromatic heterocycles. The molecule has 0 saturated carbocycles. The Morgan fingerprint density at radius 3 is 2.60 bits per heavy atom. The standard InChI is InChI=1S/C18H16ClN5S/c1-10-8-11(2)24-17(20-10)16(18(23-24)25-3)15-9-14(21-22-15)12-4-6-13(19)7-5-12/h4-9H,1-3H3,(H,21,22). The summed E-state index contributed by atoms with van der Waals surface area (Å²) >= 11 is 7.57. The lowest BCUT2D eigenvalue weighted by Crippen LogP contribution is -1.97. The molecule has 0 unspecified atom stereocenters. The summed E-state index contributed by atoms with van der Waals surface area (Å²) in [7, 11) is 0. The van der Waals surface area contributed by atoms with Crippen molar-refractivity contribution in [2.75, 3.05) is 6.26 Å². The number of benzene rings is 1. The number of aromatic amines is 1. The summed E-state index contributed by atoms with van der Waals surface area (Å²) in [5, 5.41) is 13.9. The van der Waals surface area contributed by atoms with Crippen molar-refractivity contribution in [1.29, 1.82) is 0 Å². The van der Waals surface area contributed by atoms with Gasteiger partial charge in [-0.15, -0.1) is 11.8 Å². The van der Waals surface area contributed by atoms with Gasteiger partial charge in [-0.3, -0.25) is 5.10 Å². The van der Waals surface area contributed by atoms with Crippen molar-refractivity contribution < 1.29 is 0 Å². The van der Waals surface area contributed by atoms with Crippen LogP contribution in [0.3, 0.4) is 0 Å². The molecule has 0 radical (unpaired) electrons. The molecule has 25 heavy (non-hydrogen) atoms. The molecule has 4 aromatic rings. The number of H-pyrrole nitrogens is 1. The quantitative estimate of drug-likeness (QED) is 0.528. The van der Waals surface area contributed by atoms with Gasteiger partial charge in [-0.05, 0) is 44.4 Å². The predicted octanol–water partition coefficient (Wildman–Crippen LogP) is 4.78. The molecule has 0 aliphatic rings. The third-order valence-electron chi connectivity index (χ3n) is 4.04. The van der Waals surface area contributed by atoms with E-state index in [-0.39, 0.29) is 0 Å². The van der Waals surface area contributed by atoms with Gasteiger partial charge in [-0.2, -0.15) is 10.2 Å². The van der Waals surface area contributed by atoms with Gasteiger partial charge in [0, 0.05) is 22.0 Å². The SMILES string of the molecule is CSc1nn2c(C)cc(C)nc2c1-c1cc(-c2ccc(Cl)cc2)n[nH]1. The van der Waals surface area contributed by atoms with Crippen LogP contribution < -0.4 is 0 Å². The van der Waals surface area contributed by atoms with Crippen LogP contribution in [0.4, 0.5) is 0 Å². The van der Waals surface area contributed by atoms with E-state index in [4.69, 9.17) is 21.7 Å². The molecule has 0 atom stereocenters. The van der Waals surface area contributed by atoms with Crippen molar-refractivity contribution in [3.63, 3.8) is 0 Å². The predicted molar refractivity (Wildman–Crippen MR) is 102 cm³/mol. The summed E-state index contributed by atoms with van der Waals surface area (Å²) < 4.78 is 1.89. The van der Waals surface area contributed by atoms with Crippen LogP contribution in [0.25, 0.3) is 28.2 Å². The van der Waals surface area contributed by atoms with E-state index in [1.54, 1.807) is 11.8 Å². The first-order valence-electron chi connectivity index (χ1n) is 7.79. The van der Waals surface area contributed by atoms with E-state index in [2.05, 4.69) is 10.2 Å². The zero-order valence-corrected chi connectivity index (χ0v) is 15.6. The van der Waals surface area contributed by atoms with Gasteiger partial charge in [0.1, 0.15) is 5.03 Å². The summed E-state index contributed by atoms with van der Waals surface area (Å²) in [4.78, 5) is 4.70. The van der Waals surface area contributed by atoms with Crippen molar-refractivity contribution >= 4 is 29.0 Å². The topological polar surface area (TPSA) is 58.9 Å². The van der Waals surface area contributed by atoms with Gasteiger partial charge < -0.3 is 0 Å². The molecular weight excluding hydrogens is 354 g/mol. The van der Waals surface area contributed by atoms with Crippen molar-refractivity contribution in [1.82, 2.24) is 24.8 Å². The highest BCUT2D eigenvalue weighted by Crippen LogP contribution is 2.34. The van der Waals surface area contributed by atoms with Gasteiger partial charge in [0.15, 0.2) is 5.65 Å². The minimum Gasteiger partial charge on any atom is -0.277 e. The summed E-state index contributed by atoms with van der Waals surface area (Å²) in [6.07, 6.45) is 2.02. The average Bonchev–Trinajstić information content (AvgIpc) is 3.19. The van der Waals surface area contributed by atoms with E-state index in [1.807, 2.05) is 61.0 Å². The first-order valence-corrected chi connectivity index (χ1v) is 9.40. The van der Waals surface area contributed by atoms with Crippen molar-refractivity contribution in [2.24, 2.45) is 0 Å². The smallest absolute Gasteiger partial charge is 0.166 e. The molecular formula is C18H16ClN5S. The van der Waals surface area contributed by atoms with Crippen LogP contribution in [0.5, 0.6) is 0 Å². The van der Waals surface area contributed by atoms with Gasteiger partial charge in [-0.25, -0.2) is 9.50 Å². The lowest BCUT2D eigenvalue weighted by molar-refractivity contribution is 0.848. The highest BCUT2D eigenvalue weighted by atomic mass is 35.5. The van der Waals surface area contributed by atoms with E-state index in [1.165, 1.54) is 0 Å². The van der Waals surface area contributed by atoms with Crippen molar-refractivity contribution in [2.45, 2.75) is 18.9 Å². The van der Waals surface area contributed by atoms with Crippen LogP contribution in [0.2, 0.25) is 5.02 Å². The fourth-order valence-electron chi connectivity index (χ4n) is 2.90. The maximum atomic E-state index is 5.97. The highest BCUT2D eigenvalue weighted by molar-refractivity contribution is 7.98. The second-order valence-electron chi connectivity index (χ2n) is 5.83. The number of fused-ring (bicyclic) bond motifs is 1.